The van der Waals surface area contributed by atoms with Crippen molar-refractivity contribution in [3.8, 4) is 0 Å². The number of ether oxygens (including phenoxy) is 2. The molecule has 2 amide bonds. The average molecular weight is 556 g/mol. The summed E-state index contributed by atoms with van der Waals surface area (Å²) in [5.74, 6) is -7.69. The maximum absolute atomic E-state index is 11.8. The Kier molecular flexibility index (Phi) is 11.0. The first kappa shape index (κ1) is 32.7. The van der Waals surface area contributed by atoms with Crippen molar-refractivity contribution in [1.82, 2.24) is 10.6 Å². The molecule has 0 aromatic carbocycles. The minimum Gasteiger partial charge on any atom is -0.394 e. The summed E-state index contributed by atoms with van der Waals surface area (Å²) in [5.41, 5.74) is 0. The smallest absolute Gasteiger partial charge is 0.217 e. The third-order valence-corrected chi connectivity index (χ3v) is 6.75. The van der Waals surface area contributed by atoms with Crippen LogP contribution in [0.5, 0.6) is 0 Å². The lowest BCUT2D eigenvalue weighted by Crippen LogP contribution is -2.69. The molecular weight excluding hydrogens is 516 g/mol. The second-order valence-electron chi connectivity index (χ2n) is 10.0. The van der Waals surface area contributed by atoms with E-state index in [-0.39, 0.29) is 0 Å². The molecule has 0 spiro atoms. The first-order valence-electron chi connectivity index (χ1n) is 12.0. The number of aliphatic hydroxyl groups is 10. The molecule has 2 rings (SSSR count). The molecule has 0 aliphatic carbocycles. The first-order chi connectivity index (χ1) is 17.5. The van der Waals surface area contributed by atoms with Crippen molar-refractivity contribution in [2.24, 2.45) is 5.92 Å². The third-order valence-electron chi connectivity index (χ3n) is 6.75. The molecule has 0 saturated carbocycles. The average Bonchev–Trinajstić information content (AvgIpc) is 2.82. The van der Waals surface area contributed by atoms with Gasteiger partial charge in [-0.3, -0.25) is 9.59 Å². The summed E-state index contributed by atoms with van der Waals surface area (Å²) in [4.78, 5) is 23.4. The van der Waals surface area contributed by atoms with E-state index >= 15 is 0 Å². The number of aliphatic hydroxyl groups excluding tert-OH is 8. The highest BCUT2D eigenvalue weighted by atomic mass is 16.7. The molecule has 16 nitrogen and oxygen atoms in total. The van der Waals surface area contributed by atoms with E-state index in [0.717, 1.165) is 20.8 Å². The van der Waals surface area contributed by atoms with Gasteiger partial charge in [-0.25, -0.2) is 0 Å². The van der Waals surface area contributed by atoms with E-state index in [4.69, 9.17) is 9.47 Å². The summed E-state index contributed by atoms with van der Waals surface area (Å²) in [5, 5.41) is 108. The zero-order chi connectivity index (χ0) is 29.2. The Morgan fingerprint density at radius 3 is 2.05 bits per heavy atom. The van der Waals surface area contributed by atoms with Crippen LogP contribution in [0.4, 0.5) is 0 Å². The minimum atomic E-state index is -2.43. The predicted octanol–water partition coefficient (Wildman–Crippen LogP) is -6.10. The third kappa shape index (κ3) is 7.35. The second-order valence-corrected chi connectivity index (χ2v) is 10.0. The number of carbonyl (C=O) groups excluding carboxylic acids is 2. The van der Waals surface area contributed by atoms with Crippen LogP contribution in [0.3, 0.4) is 0 Å². The lowest BCUT2D eigenvalue weighted by Gasteiger charge is -2.53. The summed E-state index contributed by atoms with van der Waals surface area (Å²) >= 11 is 0. The number of rotatable bonds is 10. The van der Waals surface area contributed by atoms with Crippen LogP contribution in [0.25, 0.3) is 0 Å². The van der Waals surface area contributed by atoms with Gasteiger partial charge < -0.3 is 71.2 Å². The monoisotopic (exact) mass is 555 g/mol. The van der Waals surface area contributed by atoms with E-state index in [9.17, 15) is 60.7 Å². The van der Waals surface area contributed by atoms with Gasteiger partial charge in [-0.2, -0.15) is 0 Å². The molecule has 2 heterocycles. The van der Waals surface area contributed by atoms with Crippen LogP contribution < -0.4 is 10.6 Å². The lowest BCUT2D eigenvalue weighted by atomic mass is 9.75. The lowest BCUT2D eigenvalue weighted by molar-refractivity contribution is -0.339. The Hall–Kier alpha value is -1.54. The Balaban J connectivity index is 2.40. The molecule has 221 valence electrons. The summed E-state index contributed by atoms with van der Waals surface area (Å²) in [6.07, 6.45) is -14.4. The van der Waals surface area contributed by atoms with Gasteiger partial charge in [0.05, 0.1) is 37.5 Å². The van der Waals surface area contributed by atoms with Crippen LogP contribution in [-0.2, 0) is 19.1 Å². The van der Waals surface area contributed by atoms with Crippen LogP contribution in [-0.4, -0.2) is 142 Å². The molecule has 2 aliphatic rings. The van der Waals surface area contributed by atoms with E-state index in [1.165, 1.54) is 0 Å². The van der Waals surface area contributed by atoms with Crippen molar-refractivity contribution >= 4 is 11.8 Å². The largest absolute Gasteiger partial charge is 0.394 e. The van der Waals surface area contributed by atoms with Crippen molar-refractivity contribution in [2.45, 2.75) is 100.0 Å². The molecule has 1 radical (unpaired) electrons. The van der Waals surface area contributed by atoms with Crippen molar-refractivity contribution in [1.29, 1.82) is 0 Å². The van der Waals surface area contributed by atoms with E-state index in [2.05, 4.69) is 10.6 Å². The van der Waals surface area contributed by atoms with Crippen LogP contribution in [0, 0.1) is 12.0 Å². The van der Waals surface area contributed by atoms with Gasteiger partial charge in [-0.05, 0) is 6.92 Å². The van der Waals surface area contributed by atoms with Gasteiger partial charge in [0.25, 0.3) is 0 Å². The van der Waals surface area contributed by atoms with Crippen molar-refractivity contribution in [3.63, 3.8) is 0 Å². The van der Waals surface area contributed by atoms with Crippen LogP contribution in [0.1, 0.15) is 33.6 Å². The van der Waals surface area contributed by atoms with Crippen LogP contribution >= 0.6 is 0 Å². The SMILES string of the molecule is CC(=O)N[C@H]1[C@H]([C@H](O)[C@H](O)CO)O[C@](O)(CC2[C@H](O)[C@@H](NC(C)=O)[C]([C@H](O)[C@H](O)CO)O[C@@]2(C)O)C[C@@H]1O. The van der Waals surface area contributed by atoms with Gasteiger partial charge in [-0.15, -0.1) is 0 Å². The molecule has 1 unspecified atom stereocenters. The molecule has 2 aliphatic heterocycles. The molecule has 0 aromatic heterocycles. The normalized spacial score (nSPS) is 39.6. The van der Waals surface area contributed by atoms with E-state index in [1.54, 1.807) is 0 Å². The molecule has 38 heavy (non-hydrogen) atoms. The molecule has 0 bridgehead atoms. The Labute approximate surface area is 218 Å². The molecule has 12 N–H and O–H groups in total. The molecular formula is C22H39N2O14. The zero-order valence-electron chi connectivity index (χ0n) is 21.2. The van der Waals surface area contributed by atoms with Gasteiger partial charge in [0.15, 0.2) is 17.7 Å². The fourth-order valence-electron chi connectivity index (χ4n) is 4.86. The standard InChI is InChI=1S/C22H39N2O14/c1-8(27)23-14-11(29)5-22(36,38-19(14)17(33)12(30)6-25)4-10-16(32)15(24-9(2)28)20(37-21(10,3)35)18(34)13(31)7-26/h10-19,25-26,29-36H,4-7H2,1-3H3,(H,23,27)(H,24,28)/t10?,11-,12+,13+,14+,15+,16-,17+,18+,19+,21+,22+/m0/s1. The van der Waals surface area contributed by atoms with Gasteiger partial charge >= 0.3 is 0 Å². The fourth-order valence-corrected chi connectivity index (χ4v) is 4.86. The van der Waals surface area contributed by atoms with Gasteiger partial charge in [-0.1, -0.05) is 0 Å². The van der Waals surface area contributed by atoms with E-state index < -0.39 is 116 Å². The number of hydrogen-bond acceptors (Lipinski definition) is 14. The summed E-state index contributed by atoms with van der Waals surface area (Å²) in [7, 11) is 0. The Bertz CT molecular complexity index is 817. The molecule has 2 saturated heterocycles. The van der Waals surface area contributed by atoms with Crippen LogP contribution in [0.2, 0.25) is 0 Å². The minimum absolute atomic E-state index is 0.572. The van der Waals surface area contributed by atoms with Crippen molar-refractivity contribution in [3.05, 3.63) is 6.10 Å². The predicted molar refractivity (Wildman–Crippen MR) is 123 cm³/mol. The molecule has 2 fully saturated rings. The van der Waals surface area contributed by atoms with Gasteiger partial charge in [0.2, 0.25) is 11.8 Å². The quantitative estimate of drug-likeness (QED) is 0.120. The van der Waals surface area contributed by atoms with Gasteiger partial charge in [0, 0.05) is 32.6 Å². The maximum Gasteiger partial charge on any atom is 0.217 e. The molecule has 16 heteroatoms. The van der Waals surface area contributed by atoms with E-state index in [0.29, 0.717) is 0 Å². The van der Waals surface area contributed by atoms with Crippen molar-refractivity contribution in [2.75, 3.05) is 13.2 Å². The van der Waals surface area contributed by atoms with Gasteiger partial charge in [0.1, 0.15) is 30.5 Å². The topological polar surface area (TPSA) is 279 Å². The van der Waals surface area contributed by atoms with E-state index in [1.807, 2.05) is 0 Å². The van der Waals surface area contributed by atoms with Crippen molar-refractivity contribution < 1.29 is 70.1 Å². The summed E-state index contributed by atoms with van der Waals surface area (Å²) in [6, 6.07) is -2.88. The number of carbonyl (C=O) groups is 2. The maximum atomic E-state index is 11.8. The first-order valence-corrected chi connectivity index (χ1v) is 12.0. The number of nitrogens with one attached hydrogen (secondary N) is 2. The second kappa shape index (κ2) is 12.8. The highest BCUT2D eigenvalue weighted by molar-refractivity contribution is 5.74. The summed E-state index contributed by atoms with van der Waals surface area (Å²) in [6.45, 7) is 1.39. The Morgan fingerprint density at radius 1 is 1.00 bits per heavy atom. The number of amides is 2. The number of hydrogen-bond donors (Lipinski definition) is 12. The molecule has 12 atom stereocenters. The molecule has 0 aromatic rings. The fraction of sp³-hybridized carbons (Fsp3) is 0.864. The zero-order valence-corrected chi connectivity index (χ0v) is 21.2. The summed E-state index contributed by atoms with van der Waals surface area (Å²) < 4.78 is 11.0. The van der Waals surface area contributed by atoms with Crippen LogP contribution in [0.15, 0.2) is 0 Å². The Morgan fingerprint density at radius 2 is 1.55 bits per heavy atom. The highest BCUT2D eigenvalue weighted by Gasteiger charge is 2.59. The highest BCUT2D eigenvalue weighted by Crippen LogP contribution is 2.44.